The first kappa shape index (κ1) is 20.8. The largest absolute Gasteiger partial charge is 0.551 e. The number of benzene rings is 5. The Kier molecular flexibility index (Phi) is 4.21. The van der Waals surface area contributed by atoms with Crippen LogP contribution in [0.5, 0.6) is 11.5 Å². The van der Waals surface area contributed by atoms with Crippen molar-refractivity contribution >= 4 is 35.7 Å². The lowest BCUT2D eigenvalue weighted by molar-refractivity contribution is 0.585. The molecule has 0 aliphatic carbocycles. The van der Waals surface area contributed by atoms with E-state index in [0.717, 1.165) is 37.2 Å². The van der Waals surface area contributed by atoms with Crippen molar-refractivity contribution in [3.8, 4) is 11.5 Å². The topological polar surface area (TPSA) is 18.5 Å². The second-order valence-corrected chi connectivity index (χ2v) is 11.1. The predicted molar refractivity (Wildman–Crippen MR) is 155 cm³/mol. The third-order valence-corrected chi connectivity index (χ3v) is 9.02. The van der Waals surface area contributed by atoms with E-state index in [9.17, 15) is 0 Å². The monoisotopic (exact) mass is 486 g/mol. The molecule has 9 rings (SSSR count). The maximum absolute atomic E-state index is 6.90. The van der Waals surface area contributed by atoms with E-state index in [1.54, 1.807) is 0 Å². The molecule has 2 nitrogen and oxygen atoms in total. The molecule has 38 heavy (non-hydrogen) atoms. The Morgan fingerprint density at radius 2 is 0.789 bits per heavy atom. The van der Waals surface area contributed by atoms with Crippen LogP contribution in [0.1, 0.15) is 44.5 Å². The summed E-state index contributed by atoms with van der Waals surface area (Å²) in [6.45, 7) is -0.206. The van der Waals surface area contributed by atoms with Gasteiger partial charge in [0.05, 0.1) is 0 Å². The molecule has 178 valence electrons. The zero-order valence-electron chi connectivity index (χ0n) is 21.0. The minimum atomic E-state index is -0.103. The average molecular weight is 486 g/mol. The summed E-state index contributed by atoms with van der Waals surface area (Å²) in [6, 6.07) is 35.5. The molecule has 5 aromatic carbocycles. The van der Waals surface area contributed by atoms with Crippen molar-refractivity contribution in [2.45, 2.75) is 25.7 Å². The van der Waals surface area contributed by atoms with Crippen LogP contribution in [0.4, 0.5) is 0 Å². The molecule has 0 saturated heterocycles. The Morgan fingerprint density at radius 3 is 1.26 bits per heavy atom. The standard InChI is InChI=1S/C34H24B2O2/c1-3-13-31-21(7-1)15-23-9-5-11-25-17-27-19-28-18-26-12-6-10-24-16-22-8-2-4-14-32(22)38-36(34(24)26)30(28)20-29(27)35(37-31)33(23)25/h1-14,19-20H,15-18H2. The Hall–Kier alpha value is -4.17. The van der Waals surface area contributed by atoms with Crippen molar-refractivity contribution in [1.29, 1.82) is 0 Å². The van der Waals surface area contributed by atoms with Gasteiger partial charge >= 0.3 is 13.8 Å². The van der Waals surface area contributed by atoms with Crippen LogP contribution < -0.4 is 31.2 Å². The molecule has 4 heteroatoms. The van der Waals surface area contributed by atoms with Gasteiger partial charge in [0.25, 0.3) is 0 Å². The van der Waals surface area contributed by atoms with E-state index in [0.29, 0.717) is 0 Å². The molecule has 0 saturated carbocycles. The molecule has 5 aromatic rings. The van der Waals surface area contributed by atoms with Crippen molar-refractivity contribution in [3.63, 3.8) is 0 Å². The average Bonchev–Trinajstić information content (AvgIpc) is 3.22. The fourth-order valence-corrected chi connectivity index (χ4v) is 7.31. The van der Waals surface area contributed by atoms with E-state index in [-0.39, 0.29) is 13.8 Å². The molecule has 0 unspecified atom stereocenters. The van der Waals surface area contributed by atoms with Crippen LogP contribution >= 0.6 is 0 Å². The summed E-state index contributed by atoms with van der Waals surface area (Å²) in [5, 5.41) is 0. The van der Waals surface area contributed by atoms with Crippen LogP contribution in [0.15, 0.2) is 97.1 Å². The lowest BCUT2D eigenvalue weighted by atomic mass is 9.44. The normalized spacial score (nSPS) is 15.3. The highest BCUT2D eigenvalue weighted by Crippen LogP contribution is 2.31. The number of fused-ring (bicyclic) bond motifs is 6. The summed E-state index contributed by atoms with van der Waals surface area (Å²) in [5.41, 5.74) is 16.1. The number of hydrogen-bond donors (Lipinski definition) is 0. The molecule has 0 aromatic heterocycles. The molecule has 0 bridgehead atoms. The summed E-state index contributed by atoms with van der Waals surface area (Å²) < 4.78 is 13.8. The van der Waals surface area contributed by atoms with Gasteiger partial charge < -0.3 is 9.31 Å². The first-order valence-corrected chi connectivity index (χ1v) is 13.7. The molecule has 0 radical (unpaired) electrons. The first-order chi connectivity index (χ1) is 18.8. The highest BCUT2D eigenvalue weighted by molar-refractivity contribution is 6.85. The van der Waals surface area contributed by atoms with Crippen molar-refractivity contribution in [2.75, 3.05) is 0 Å². The van der Waals surface area contributed by atoms with Gasteiger partial charge in [-0.25, -0.2) is 0 Å². The molecular weight excluding hydrogens is 462 g/mol. The minimum absolute atomic E-state index is 0.103. The van der Waals surface area contributed by atoms with Crippen molar-refractivity contribution < 1.29 is 9.31 Å². The zero-order chi connectivity index (χ0) is 24.8. The molecule has 4 heterocycles. The summed E-state index contributed by atoms with van der Waals surface area (Å²) in [4.78, 5) is 0. The summed E-state index contributed by atoms with van der Waals surface area (Å²) in [7, 11) is 0. The maximum atomic E-state index is 6.90. The molecule has 0 amide bonds. The Labute approximate surface area is 223 Å². The summed E-state index contributed by atoms with van der Waals surface area (Å²) in [6.07, 6.45) is 3.72. The van der Waals surface area contributed by atoms with Crippen LogP contribution in [0.25, 0.3) is 0 Å². The molecule has 0 N–H and O–H groups in total. The van der Waals surface area contributed by atoms with Crippen molar-refractivity contribution in [3.05, 3.63) is 142 Å². The lowest BCUT2D eigenvalue weighted by Gasteiger charge is -2.31. The molecule has 0 fully saturated rings. The SMILES string of the molecule is c1ccc2c(c1)Cc1cccc3c1B(O2)c1cc2c(cc1C3)Cc1cccc3c1B2Oc1ccccc1C3. The van der Waals surface area contributed by atoms with Crippen LogP contribution in [0, 0.1) is 0 Å². The van der Waals surface area contributed by atoms with E-state index in [2.05, 4.69) is 97.1 Å². The molecular formula is C34H24B2O2. The number of rotatable bonds is 0. The van der Waals surface area contributed by atoms with E-state index >= 15 is 0 Å². The van der Waals surface area contributed by atoms with Crippen molar-refractivity contribution in [2.24, 2.45) is 0 Å². The van der Waals surface area contributed by atoms with Gasteiger partial charge in [0, 0.05) is 12.8 Å². The molecule has 0 spiro atoms. The van der Waals surface area contributed by atoms with Gasteiger partial charge in [0.1, 0.15) is 11.5 Å². The van der Waals surface area contributed by atoms with Crippen LogP contribution in [-0.4, -0.2) is 13.8 Å². The second-order valence-electron chi connectivity index (χ2n) is 11.1. The summed E-state index contributed by atoms with van der Waals surface area (Å²) >= 11 is 0. The van der Waals surface area contributed by atoms with E-state index in [4.69, 9.17) is 9.31 Å². The molecule has 0 atom stereocenters. The third kappa shape index (κ3) is 2.92. The quantitative estimate of drug-likeness (QED) is 0.311. The van der Waals surface area contributed by atoms with Crippen molar-refractivity contribution in [1.82, 2.24) is 0 Å². The fraction of sp³-hybridized carbons (Fsp3) is 0.118. The van der Waals surface area contributed by atoms with Gasteiger partial charge in [-0.15, -0.1) is 0 Å². The number of para-hydroxylation sites is 2. The van der Waals surface area contributed by atoms with Gasteiger partial charge in [-0.2, -0.15) is 0 Å². The van der Waals surface area contributed by atoms with Crippen LogP contribution in [0.3, 0.4) is 0 Å². The van der Waals surface area contributed by atoms with E-state index in [1.807, 2.05) is 0 Å². The maximum Gasteiger partial charge on any atom is 0.427 e. The van der Waals surface area contributed by atoms with E-state index < -0.39 is 0 Å². The Bertz CT molecular complexity index is 1680. The van der Waals surface area contributed by atoms with Gasteiger partial charge in [0.15, 0.2) is 0 Å². The third-order valence-electron chi connectivity index (χ3n) is 9.02. The smallest absolute Gasteiger partial charge is 0.427 e. The Balaban J connectivity index is 1.26. The predicted octanol–water partition coefficient (Wildman–Crippen LogP) is 3.67. The Morgan fingerprint density at radius 1 is 0.395 bits per heavy atom. The van der Waals surface area contributed by atoms with Crippen LogP contribution in [-0.2, 0) is 25.7 Å². The molecule has 4 aliphatic heterocycles. The second kappa shape index (κ2) is 7.68. The van der Waals surface area contributed by atoms with E-state index in [1.165, 1.54) is 66.4 Å². The zero-order valence-corrected chi connectivity index (χ0v) is 21.0. The minimum Gasteiger partial charge on any atom is -0.551 e. The lowest BCUT2D eigenvalue weighted by Crippen LogP contribution is -2.59. The first-order valence-electron chi connectivity index (χ1n) is 13.7. The highest BCUT2D eigenvalue weighted by atomic mass is 16.4. The van der Waals surface area contributed by atoms with Gasteiger partial charge in [-0.3, -0.25) is 0 Å². The van der Waals surface area contributed by atoms with Gasteiger partial charge in [-0.05, 0) is 91.3 Å². The van der Waals surface area contributed by atoms with Gasteiger partial charge in [0.2, 0.25) is 0 Å². The fourth-order valence-electron chi connectivity index (χ4n) is 7.31. The number of hydrogen-bond acceptors (Lipinski definition) is 2. The molecule has 4 aliphatic rings. The van der Waals surface area contributed by atoms with Crippen LogP contribution in [0.2, 0.25) is 0 Å². The van der Waals surface area contributed by atoms with Gasteiger partial charge in [-0.1, -0.05) is 84.9 Å². The summed E-state index contributed by atoms with van der Waals surface area (Å²) in [5.74, 6) is 2.00. The highest BCUT2D eigenvalue weighted by Gasteiger charge is 2.42.